The van der Waals surface area contributed by atoms with E-state index in [-0.39, 0.29) is 23.7 Å². The van der Waals surface area contributed by atoms with Crippen molar-refractivity contribution in [3.05, 3.63) is 77.0 Å². The Morgan fingerprint density at radius 3 is 2.55 bits per heavy atom. The van der Waals surface area contributed by atoms with E-state index in [1.54, 1.807) is 15.9 Å². The lowest BCUT2D eigenvalue weighted by atomic mass is 9.94. The molecule has 3 aromatic carbocycles. The van der Waals surface area contributed by atoms with E-state index in [1.165, 1.54) is 5.54 Å². The molecule has 1 atom stereocenters. The third kappa shape index (κ3) is 3.89. The van der Waals surface area contributed by atoms with E-state index < -0.39 is 5.60 Å². The summed E-state index contributed by atoms with van der Waals surface area (Å²) in [5.74, 6) is -0.171. The van der Waals surface area contributed by atoms with E-state index in [2.05, 4.69) is 4.98 Å². The topological polar surface area (TPSA) is 85.9 Å². The number of rotatable bonds is 2. The van der Waals surface area contributed by atoms with Gasteiger partial charge in [-0.2, -0.15) is 0 Å². The molecule has 3 heterocycles. The van der Waals surface area contributed by atoms with Crippen molar-refractivity contribution in [1.82, 2.24) is 4.98 Å². The summed E-state index contributed by atoms with van der Waals surface area (Å²) in [7, 11) is 0. The van der Waals surface area contributed by atoms with Gasteiger partial charge < -0.3 is 19.7 Å². The molecule has 1 unspecified atom stereocenters. The zero-order chi connectivity index (χ0) is 26.8. The van der Waals surface area contributed by atoms with Crippen LogP contribution in [0.25, 0.3) is 21.7 Å². The standard InChI is InChI=1S/C30H28ClN3O4/c1-30(2,3)38-29(37)33-13-11-18-21-14-23(32-22(21)8-9-24(18)33)28(36)34-16-17(10-12-31)27-20-7-5-4-6-19(20)26(35)15-25(27)34/h4-10,12,14-15,17,32,35H,11,13,16H2,1-3H3/b12-10+. The number of H-pyrrole nitrogens is 1. The van der Waals surface area contributed by atoms with Crippen molar-refractivity contribution >= 4 is 56.7 Å². The minimum atomic E-state index is -0.583. The maximum Gasteiger partial charge on any atom is 0.414 e. The second-order valence-corrected chi connectivity index (χ2v) is 11.1. The van der Waals surface area contributed by atoms with Crippen molar-refractivity contribution in [3.63, 3.8) is 0 Å². The van der Waals surface area contributed by atoms with Gasteiger partial charge in [0, 0.05) is 46.9 Å². The number of hydrogen-bond acceptors (Lipinski definition) is 4. The number of carbonyl (C=O) groups excluding carboxylic acids is 2. The third-order valence-electron chi connectivity index (χ3n) is 7.24. The lowest BCUT2D eigenvalue weighted by Gasteiger charge is -2.24. The average molecular weight is 530 g/mol. The Morgan fingerprint density at radius 1 is 1.05 bits per heavy atom. The van der Waals surface area contributed by atoms with Crippen molar-refractivity contribution in [2.75, 3.05) is 22.9 Å². The number of amides is 2. The van der Waals surface area contributed by atoms with Crippen LogP contribution in [-0.4, -0.2) is 40.8 Å². The van der Waals surface area contributed by atoms with E-state index in [9.17, 15) is 14.7 Å². The summed E-state index contributed by atoms with van der Waals surface area (Å²) in [6.45, 7) is 6.48. The van der Waals surface area contributed by atoms with E-state index in [0.29, 0.717) is 30.9 Å². The summed E-state index contributed by atoms with van der Waals surface area (Å²) in [6, 6.07) is 14.9. The van der Waals surface area contributed by atoms with E-state index in [4.69, 9.17) is 16.3 Å². The predicted octanol–water partition coefficient (Wildman–Crippen LogP) is 6.82. The molecule has 0 spiro atoms. The highest BCUT2D eigenvalue weighted by Crippen LogP contribution is 2.46. The summed E-state index contributed by atoms with van der Waals surface area (Å²) < 4.78 is 5.59. The molecule has 0 fully saturated rings. The average Bonchev–Trinajstić information content (AvgIpc) is 3.58. The lowest BCUT2D eigenvalue weighted by molar-refractivity contribution is 0.0583. The van der Waals surface area contributed by atoms with Crippen molar-refractivity contribution in [1.29, 1.82) is 0 Å². The predicted molar refractivity (Wildman–Crippen MR) is 151 cm³/mol. The van der Waals surface area contributed by atoms with Gasteiger partial charge in [0.05, 0.1) is 11.4 Å². The molecule has 0 aliphatic carbocycles. The molecule has 0 saturated carbocycles. The Labute approximate surface area is 225 Å². The number of phenolic OH excluding ortho intramolecular Hbond substituents is 1. The van der Waals surface area contributed by atoms with Crippen molar-refractivity contribution in [2.45, 2.75) is 38.7 Å². The van der Waals surface area contributed by atoms with Crippen LogP contribution in [-0.2, 0) is 11.2 Å². The molecule has 1 aromatic heterocycles. The zero-order valence-electron chi connectivity index (χ0n) is 21.4. The Kier molecular flexibility index (Phi) is 5.65. The number of hydrogen-bond donors (Lipinski definition) is 2. The van der Waals surface area contributed by atoms with Gasteiger partial charge in [-0.25, -0.2) is 4.79 Å². The molecule has 0 radical (unpaired) electrons. The number of anilines is 2. The second-order valence-electron chi connectivity index (χ2n) is 10.8. The molecule has 0 bridgehead atoms. The molecule has 38 heavy (non-hydrogen) atoms. The zero-order valence-corrected chi connectivity index (χ0v) is 22.2. The molecule has 7 nitrogen and oxygen atoms in total. The van der Waals surface area contributed by atoms with Gasteiger partial charge in [0.15, 0.2) is 0 Å². The van der Waals surface area contributed by atoms with Crippen LogP contribution >= 0.6 is 11.6 Å². The van der Waals surface area contributed by atoms with Gasteiger partial charge in [0.2, 0.25) is 0 Å². The second kappa shape index (κ2) is 8.81. The first kappa shape index (κ1) is 24.4. The van der Waals surface area contributed by atoms with Crippen LogP contribution in [0.3, 0.4) is 0 Å². The molecule has 194 valence electrons. The first-order chi connectivity index (χ1) is 18.2. The number of nitrogens with one attached hydrogen (secondary N) is 1. The number of ether oxygens (including phenoxy) is 1. The first-order valence-corrected chi connectivity index (χ1v) is 13.1. The first-order valence-electron chi connectivity index (χ1n) is 12.6. The number of nitrogens with zero attached hydrogens (tertiary/aromatic N) is 2. The molecule has 4 aromatic rings. The Bertz CT molecular complexity index is 1650. The van der Waals surface area contributed by atoms with Crippen LogP contribution in [0.5, 0.6) is 5.75 Å². The van der Waals surface area contributed by atoms with Gasteiger partial charge in [-0.05, 0) is 61.9 Å². The summed E-state index contributed by atoms with van der Waals surface area (Å²) >= 11 is 5.98. The van der Waals surface area contributed by atoms with E-state index >= 15 is 0 Å². The molecule has 2 amide bonds. The van der Waals surface area contributed by atoms with Crippen LogP contribution in [0.15, 0.2) is 60.1 Å². The molecule has 2 N–H and O–H groups in total. The van der Waals surface area contributed by atoms with Crippen LogP contribution in [0.1, 0.15) is 48.3 Å². The highest BCUT2D eigenvalue weighted by atomic mass is 35.5. The van der Waals surface area contributed by atoms with Gasteiger partial charge >= 0.3 is 6.09 Å². The summed E-state index contributed by atoms with van der Waals surface area (Å²) in [4.78, 5) is 33.3. The molecule has 6 rings (SSSR count). The highest BCUT2D eigenvalue weighted by molar-refractivity contribution is 6.25. The fraction of sp³-hybridized carbons (Fsp3) is 0.267. The number of aromatic amines is 1. The number of carbonyl (C=O) groups is 2. The van der Waals surface area contributed by atoms with Crippen molar-refractivity contribution in [2.24, 2.45) is 0 Å². The number of aromatic nitrogens is 1. The van der Waals surface area contributed by atoms with Crippen LogP contribution in [0.2, 0.25) is 0 Å². The van der Waals surface area contributed by atoms with E-state index in [1.807, 2.05) is 69.3 Å². The molecule has 2 aliphatic rings. The van der Waals surface area contributed by atoms with Crippen LogP contribution in [0, 0.1) is 0 Å². The molecular formula is C30H28ClN3O4. The third-order valence-corrected chi connectivity index (χ3v) is 7.39. The maximum absolute atomic E-state index is 13.9. The molecular weight excluding hydrogens is 502 g/mol. The number of phenols is 1. The number of halogens is 1. The van der Waals surface area contributed by atoms with Gasteiger partial charge in [-0.1, -0.05) is 41.9 Å². The van der Waals surface area contributed by atoms with E-state index in [0.717, 1.165) is 38.5 Å². The smallest absolute Gasteiger partial charge is 0.414 e. The Hall–Kier alpha value is -3.97. The fourth-order valence-electron chi connectivity index (χ4n) is 5.68. The SMILES string of the molecule is CC(C)(C)OC(=O)N1CCc2c1ccc1[nH]c(C(=O)N3CC(/C=C/Cl)c4c3cc(O)c3ccccc43)cc21. The monoisotopic (exact) mass is 529 g/mol. The van der Waals surface area contributed by atoms with Crippen LogP contribution in [0.4, 0.5) is 16.2 Å². The Balaban J connectivity index is 1.38. The summed E-state index contributed by atoms with van der Waals surface area (Å²) in [5, 5.41) is 13.3. The van der Waals surface area contributed by atoms with Gasteiger partial charge in [-0.15, -0.1) is 0 Å². The maximum atomic E-state index is 13.9. The molecule has 0 saturated heterocycles. The fourth-order valence-corrected chi connectivity index (χ4v) is 5.86. The van der Waals surface area contributed by atoms with Crippen LogP contribution < -0.4 is 9.80 Å². The molecule has 8 heteroatoms. The highest BCUT2D eigenvalue weighted by Gasteiger charge is 2.35. The summed E-state index contributed by atoms with van der Waals surface area (Å²) in [5.41, 5.74) is 5.62. The Morgan fingerprint density at radius 2 is 1.82 bits per heavy atom. The summed E-state index contributed by atoms with van der Waals surface area (Å²) in [6.07, 6.45) is 2.17. The van der Waals surface area contributed by atoms with Gasteiger partial charge in [0.1, 0.15) is 17.0 Å². The minimum absolute atomic E-state index is 0.104. The number of aromatic hydroxyl groups is 1. The largest absolute Gasteiger partial charge is 0.507 e. The normalized spacial score (nSPS) is 17.0. The lowest BCUT2D eigenvalue weighted by Crippen LogP contribution is -2.35. The van der Waals surface area contributed by atoms with Gasteiger partial charge in [0.25, 0.3) is 5.91 Å². The van der Waals surface area contributed by atoms with Crippen molar-refractivity contribution in [3.8, 4) is 5.75 Å². The number of benzene rings is 3. The van der Waals surface area contributed by atoms with Crippen molar-refractivity contribution < 1.29 is 19.4 Å². The van der Waals surface area contributed by atoms with Gasteiger partial charge in [-0.3, -0.25) is 9.69 Å². The quantitative estimate of drug-likeness (QED) is 0.298. The number of fused-ring (bicyclic) bond motifs is 6. The molecule has 2 aliphatic heterocycles. The minimum Gasteiger partial charge on any atom is -0.507 e.